The van der Waals surface area contributed by atoms with Crippen LogP contribution in [0.4, 0.5) is 0 Å². The molecule has 0 aliphatic rings. The first-order valence-electron chi connectivity index (χ1n) is 5.40. The fraction of sp³-hybridized carbons (Fsp3) is 0.250. The largest absolute Gasteiger partial charge is 0.478 e. The number of hydrogen-bond acceptors (Lipinski definition) is 4. The van der Waals surface area contributed by atoms with Crippen molar-refractivity contribution in [2.24, 2.45) is 0 Å². The van der Waals surface area contributed by atoms with Gasteiger partial charge in [-0.2, -0.15) is 0 Å². The van der Waals surface area contributed by atoms with E-state index in [4.69, 9.17) is 5.11 Å². The predicted octanol–water partition coefficient (Wildman–Crippen LogP) is 0.664. The van der Waals surface area contributed by atoms with Gasteiger partial charge in [-0.15, -0.1) is 11.3 Å². The Morgan fingerprint density at radius 2 is 2.16 bits per heavy atom. The van der Waals surface area contributed by atoms with Crippen LogP contribution < -0.4 is 5.32 Å². The summed E-state index contributed by atoms with van der Waals surface area (Å²) < 4.78 is 0. The molecule has 19 heavy (non-hydrogen) atoms. The summed E-state index contributed by atoms with van der Waals surface area (Å²) in [6.45, 7) is -0.0463. The summed E-state index contributed by atoms with van der Waals surface area (Å²) in [5.41, 5.74) is 0.529. The summed E-state index contributed by atoms with van der Waals surface area (Å²) in [6, 6.07) is 1.66. The van der Waals surface area contributed by atoms with Crippen molar-refractivity contribution in [3.05, 3.63) is 28.0 Å². The minimum absolute atomic E-state index is 0.0463. The summed E-state index contributed by atoms with van der Waals surface area (Å²) in [6.07, 6.45) is 2.33. The average molecular weight is 282 g/mol. The second-order valence-electron chi connectivity index (χ2n) is 3.71. The highest BCUT2D eigenvalue weighted by Crippen LogP contribution is 2.20. The van der Waals surface area contributed by atoms with Gasteiger partial charge in [0, 0.05) is 20.2 Å². The van der Waals surface area contributed by atoms with Crippen molar-refractivity contribution in [1.82, 2.24) is 10.2 Å². The van der Waals surface area contributed by atoms with Crippen LogP contribution in [0.5, 0.6) is 0 Å². The lowest BCUT2D eigenvalue weighted by molar-refractivity contribution is -0.131. The fourth-order valence-electron chi connectivity index (χ4n) is 1.32. The van der Waals surface area contributed by atoms with Crippen molar-refractivity contribution < 1.29 is 19.5 Å². The maximum absolute atomic E-state index is 12.1. The Bertz CT molecular complexity index is 522. The molecule has 0 saturated carbocycles. The highest BCUT2D eigenvalue weighted by atomic mass is 32.1. The van der Waals surface area contributed by atoms with Crippen LogP contribution in [-0.2, 0) is 9.59 Å². The quantitative estimate of drug-likeness (QED) is 0.777. The number of nitrogens with zero attached hydrogens (tertiary/aromatic N) is 1. The standard InChI is InChI=1S/C12H14N2O4S/c1-13-9(15)7-14(2)12(18)11-8(5-6-19-11)3-4-10(16)17/h3-6H,7H2,1-2H3,(H,13,15)(H,16,17)/b4-3+. The Morgan fingerprint density at radius 1 is 1.47 bits per heavy atom. The first kappa shape index (κ1) is 14.9. The van der Waals surface area contributed by atoms with Gasteiger partial charge in [-0.1, -0.05) is 0 Å². The molecular formula is C12H14N2O4S. The van der Waals surface area contributed by atoms with E-state index >= 15 is 0 Å². The van der Waals surface area contributed by atoms with Gasteiger partial charge in [-0.05, 0) is 23.1 Å². The van der Waals surface area contributed by atoms with Crippen LogP contribution in [0.1, 0.15) is 15.2 Å². The van der Waals surface area contributed by atoms with Crippen molar-refractivity contribution in [3.63, 3.8) is 0 Å². The van der Waals surface area contributed by atoms with Crippen LogP contribution in [0.3, 0.4) is 0 Å². The maximum atomic E-state index is 12.1. The molecule has 7 heteroatoms. The summed E-state index contributed by atoms with van der Waals surface area (Å²) in [4.78, 5) is 35.4. The van der Waals surface area contributed by atoms with Gasteiger partial charge in [0.1, 0.15) is 0 Å². The number of carbonyl (C=O) groups is 3. The number of thiophene rings is 1. The lowest BCUT2D eigenvalue weighted by atomic mass is 10.2. The number of carbonyl (C=O) groups excluding carboxylic acids is 2. The molecule has 0 fully saturated rings. The van der Waals surface area contributed by atoms with E-state index in [9.17, 15) is 14.4 Å². The molecule has 0 bridgehead atoms. The molecule has 0 aliphatic carbocycles. The van der Waals surface area contributed by atoms with E-state index in [1.807, 2.05) is 0 Å². The Balaban J connectivity index is 2.85. The van der Waals surface area contributed by atoms with Crippen LogP contribution in [-0.4, -0.2) is 48.4 Å². The number of nitrogens with one attached hydrogen (secondary N) is 1. The Morgan fingerprint density at radius 3 is 2.74 bits per heavy atom. The van der Waals surface area contributed by atoms with Gasteiger partial charge in [-0.25, -0.2) is 4.79 Å². The monoisotopic (exact) mass is 282 g/mol. The Kier molecular flexibility index (Phi) is 5.25. The van der Waals surface area contributed by atoms with E-state index in [2.05, 4.69) is 5.32 Å². The predicted molar refractivity (Wildman–Crippen MR) is 72.0 cm³/mol. The SMILES string of the molecule is CNC(=O)CN(C)C(=O)c1sccc1/C=C/C(=O)O. The number of carboxylic acid groups (broad SMARTS) is 1. The molecule has 1 heterocycles. The zero-order chi connectivity index (χ0) is 14.4. The van der Waals surface area contributed by atoms with Crippen LogP contribution in [0.25, 0.3) is 6.08 Å². The van der Waals surface area contributed by atoms with Gasteiger partial charge in [0.05, 0.1) is 11.4 Å². The molecule has 0 aromatic carbocycles. The molecule has 0 spiro atoms. The average Bonchev–Trinajstić information content (AvgIpc) is 2.83. The smallest absolute Gasteiger partial charge is 0.328 e. The van der Waals surface area contributed by atoms with Gasteiger partial charge in [0.2, 0.25) is 5.91 Å². The molecule has 2 N–H and O–H groups in total. The van der Waals surface area contributed by atoms with Crippen LogP contribution in [0, 0.1) is 0 Å². The molecular weight excluding hydrogens is 268 g/mol. The Labute approximate surface area is 114 Å². The Hall–Kier alpha value is -2.15. The summed E-state index contributed by atoms with van der Waals surface area (Å²) in [7, 11) is 3.01. The highest BCUT2D eigenvalue weighted by molar-refractivity contribution is 7.12. The van der Waals surface area contributed by atoms with Crippen molar-refractivity contribution >= 4 is 35.2 Å². The number of carboxylic acids is 1. The van der Waals surface area contributed by atoms with Crippen molar-refractivity contribution in [2.75, 3.05) is 20.6 Å². The molecule has 0 aliphatic heterocycles. The third kappa shape index (κ3) is 4.22. The lowest BCUT2D eigenvalue weighted by Crippen LogP contribution is -2.36. The van der Waals surface area contributed by atoms with Gasteiger partial charge >= 0.3 is 5.97 Å². The van der Waals surface area contributed by atoms with E-state index in [1.54, 1.807) is 11.4 Å². The number of aliphatic carboxylic acids is 1. The third-order valence-corrected chi connectivity index (χ3v) is 3.22. The molecule has 0 saturated heterocycles. The number of likely N-dealkylation sites (N-methyl/N-ethyl adjacent to an activating group) is 2. The van der Waals surface area contributed by atoms with E-state index in [-0.39, 0.29) is 18.4 Å². The van der Waals surface area contributed by atoms with E-state index in [0.717, 1.165) is 6.08 Å². The number of rotatable bonds is 5. The molecule has 1 rings (SSSR count). The highest BCUT2D eigenvalue weighted by Gasteiger charge is 2.18. The zero-order valence-corrected chi connectivity index (χ0v) is 11.4. The normalized spacial score (nSPS) is 10.4. The van der Waals surface area contributed by atoms with Gasteiger partial charge in [0.25, 0.3) is 5.91 Å². The van der Waals surface area contributed by atoms with Gasteiger partial charge in [0.15, 0.2) is 0 Å². The molecule has 102 valence electrons. The van der Waals surface area contributed by atoms with E-state index < -0.39 is 5.97 Å². The van der Waals surface area contributed by atoms with Crippen LogP contribution in [0.15, 0.2) is 17.5 Å². The summed E-state index contributed by atoms with van der Waals surface area (Å²) in [5.74, 6) is -1.66. The van der Waals surface area contributed by atoms with Gasteiger partial charge < -0.3 is 15.3 Å². The van der Waals surface area contributed by atoms with E-state index in [1.165, 1.54) is 36.4 Å². The fourth-order valence-corrected chi connectivity index (χ4v) is 2.20. The number of amides is 2. The third-order valence-electron chi connectivity index (χ3n) is 2.30. The molecule has 0 atom stereocenters. The first-order valence-corrected chi connectivity index (χ1v) is 6.28. The molecule has 0 unspecified atom stereocenters. The minimum atomic E-state index is -1.08. The second kappa shape index (κ2) is 6.69. The lowest BCUT2D eigenvalue weighted by Gasteiger charge is -2.15. The topological polar surface area (TPSA) is 86.7 Å². The zero-order valence-electron chi connectivity index (χ0n) is 10.5. The number of hydrogen-bond donors (Lipinski definition) is 2. The molecule has 0 radical (unpaired) electrons. The molecule has 2 amide bonds. The molecule has 6 nitrogen and oxygen atoms in total. The summed E-state index contributed by atoms with van der Waals surface area (Å²) >= 11 is 1.21. The van der Waals surface area contributed by atoms with Gasteiger partial charge in [-0.3, -0.25) is 9.59 Å². The molecule has 1 aromatic rings. The van der Waals surface area contributed by atoms with Crippen molar-refractivity contribution in [2.45, 2.75) is 0 Å². The maximum Gasteiger partial charge on any atom is 0.328 e. The second-order valence-corrected chi connectivity index (χ2v) is 4.63. The van der Waals surface area contributed by atoms with Crippen LogP contribution in [0.2, 0.25) is 0 Å². The van der Waals surface area contributed by atoms with Crippen LogP contribution >= 0.6 is 11.3 Å². The van der Waals surface area contributed by atoms with Crippen molar-refractivity contribution in [3.8, 4) is 0 Å². The molecule has 1 aromatic heterocycles. The first-order chi connectivity index (χ1) is 8.95. The summed E-state index contributed by atoms with van der Waals surface area (Å²) in [5, 5.41) is 12.7. The van der Waals surface area contributed by atoms with E-state index in [0.29, 0.717) is 10.4 Å². The van der Waals surface area contributed by atoms with Crippen molar-refractivity contribution in [1.29, 1.82) is 0 Å². The minimum Gasteiger partial charge on any atom is -0.478 e.